The van der Waals surface area contributed by atoms with Crippen molar-refractivity contribution >= 4 is 33.4 Å². The first-order valence-corrected chi connectivity index (χ1v) is 7.71. The fourth-order valence-electron chi connectivity index (χ4n) is 1.81. The molecule has 0 radical (unpaired) electrons. The highest BCUT2D eigenvalue weighted by Crippen LogP contribution is 2.21. The van der Waals surface area contributed by atoms with Crippen LogP contribution >= 0.6 is 27.5 Å². The van der Waals surface area contributed by atoms with E-state index in [0.29, 0.717) is 17.1 Å². The summed E-state index contributed by atoms with van der Waals surface area (Å²) >= 11 is 9.20. The summed E-state index contributed by atoms with van der Waals surface area (Å²) in [7, 11) is 0. The first kappa shape index (κ1) is 16.5. The second kappa shape index (κ2) is 8.56. The fourth-order valence-corrected chi connectivity index (χ4v) is 2.68. The van der Waals surface area contributed by atoms with Gasteiger partial charge in [0.25, 0.3) is 5.91 Å². The highest BCUT2D eigenvalue weighted by Gasteiger charge is 2.09. The Bertz CT molecular complexity index is 422. The third-order valence-electron chi connectivity index (χ3n) is 3.01. The second-order valence-electron chi connectivity index (χ2n) is 4.26. The number of nitrogens with one attached hydrogen (secondary N) is 1. The lowest BCUT2D eigenvalue weighted by Gasteiger charge is -2.17. The first-order chi connectivity index (χ1) is 9.08. The average molecular weight is 348 g/mol. The Morgan fingerprint density at radius 2 is 2.05 bits per heavy atom. The number of hydrogen-bond acceptors (Lipinski definition) is 2. The van der Waals surface area contributed by atoms with Gasteiger partial charge in [-0.25, -0.2) is 0 Å². The van der Waals surface area contributed by atoms with Crippen LogP contribution in [0, 0.1) is 0 Å². The standard InChI is InChI=1S/C14H20BrClN2O/c1-3-18(4-2)9-5-8-17-14(19)12-7-6-11(16)10-13(12)15/h6-7,10H,3-5,8-9H2,1-2H3,(H,17,19). The number of hydrogen-bond donors (Lipinski definition) is 1. The molecule has 0 heterocycles. The largest absolute Gasteiger partial charge is 0.352 e. The number of rotatable bonds is 7. The number of benzene rings is 1. The average Bonchev–Trinajstić information content (AvgIpc) is 2.38. The van der Waals surface area contributed by atoms with E-state index in [1.165, 1.54) is 0 Å². The summed E-state index contributed by atoms with van der Waals surface area (Å²) in [6, 6.07) is 5.18. The van der Waals surface area contributed by atoms with Gasteiger partial charge in [-0.05, 0) is 60.2 Å². The molecule has 106 valence electrons. The molecule has 0 aliphatic rings. The van der Waals surface area contributed by atoms with Crippen LogP contribution in [-0.4, -0.2) is 37.0 Å². The quantitative estimate of drug-likeness (QED) is 0.765. The Morgan fingerprint density at radius 1 is 1.37 bits per heavy atom. The highest BCUT2D eigenvalue weighted by molar-refractivity contribution is 9.10. The molecule has 0 aromatic heterocycles. The third-order valence-corrected chi connectivity index (χ3v) is 3.90. The Kier molecular flexibility index (Phi) is 7.42. The Labute approximate surface area is 128 Å². The van der Waals surface area contributed by atoms with Crippen molar-refractivity contribution in [3.63, 3.8) is 0 Å². The molecule has 3 nitrogen and oxygen atoms in total. The normalized spacial score (nSPS) is 10.8. The van der Waals surface area contributed by atoms with Crippen LogP contribution in [0.5, 0.6) is 0 Å². The molecule has 0 fully saturated rings. The maximum absolute atomic E-state index is 12.0. The van der Waals surface area contributed by atoms with Gasteiger partial charge in [0.05, 0.1) is 5.56 Å². The lowest BCUT2D eigenvalue weighted by atomic mass is 10.2. The SMILES string of the molecule is CCN(CC)CCCNC(=O)c1ccc(Cl)cc1Br. The van der Waals surface area contributed by atoms with Crippen molar-refractivity contribution < 1.29 is 4.79 Å². The summed E-state index contributed by atoms with van der Waals surface area (Å²) in [5, 5.41) is 3.54. The molecule has 0 bridgehead atoms. The van der Waals surface area contributed by atoms with E-state index in [0.717, 1.165) is 30.5 Å². The molecule has 19 heavy (non-hydrogen) atoms. The van der Waals surface area contributed by atoms with Crippen LogP contribution in [0.15, 0.2) is 22.7 Å². The molecule has 0 unspecified atom stereocenters. The van der Waals surface area contributed by atoms with Crippen LogP contribution in [0.3, 0.4) is 0 Å². The maximum Gasteiger partial charge on any atom is 0.252 e. The lowest BCUT2D eigenvalue weighted by Crippen LogP contribution is -2.30. The van der Waals surface area contributed by atoms with E-state index in [2.05, 4.69) is 40.0 Å². The molecule has 0 atom stereocenters. The van der Waals surface area contributed by atoms with Crippen LogP contribution in [-0.2, 0) is 0 Å². The smallest absolute Gasteiger partial charge is 0.252 e. The summed E-state index contributed by atoms with van der Waals surface area (Å²) in [5.74, 6) is -0.0666. The molecule has 0 aliphatic carbocycles. The minimum atomic E-state index is -0.0666. The van der Waals surface area contributed by atoms with E-state index >= 15 is 0 Å². The van der Waals surface area contributed by atoms with Crippen LogP contribution in [0.2, 0.25) is 5.02 Å². The number of carbonyl (C=O) groups is 1. The molecule has 1 N–H and O–H groups in total. The summed E-state index contributed by atoms with van der Waals surface area (Å²) in [5.41, 5.74) is 0.618. The topological polar surface area (TPSA) is 32.3 Å². The lowest BCUT2D eigenvalue weighted by molar-refractivity contribution is 0.0951. The molecule has 0 spiro atoms. The highest BCUT2D eigenvalue weighted by atomic mass is 79.9. The molecule has 5 heteroatoms. The summed E-state index contributed by atoms with van der Waals surface area (Å²) in [6.45, 7) is 8.08. The predicted molar refractivity (Wildman–Crippen MR) is 83.9 cm³/mol. The van der Waals surface area contributed by atoms with Crippen molar-refractivity contribution in [1.29, 1.82) is 0 Å². The molecule has 1 aromatic rings. The molecule has 1 amide bonds. The molecular formula is C14H20BrClN2O. The van der Waals surface area contributed by atoms with Crippen molar-refractivity contribution in [2.24, 2.45) is 0 Å². The van der Waals surface area contributed by atoms with Crippen LogP contribution in [0.25, 0.3) is 0 Å². The zero-order valence-electron chi connectivity index (χ0n) is 11.4. The van der Waals surface area contributed by atoms with Gasteiger partial charge in [0.2, 0.25) is 0 Å². The minimum absolute atomic E-state index is 0.0666. The van der Waals surface area contributed by atoms with Crippen LogP contribution < -0.4 is 5.32 Å². The number of amides is 1. The van der Waals surface area contributed by atoms with Crippen molar-refractivity contribution in [2.45, 2.75) is 20.3 Å². The van der Waals surface area contributed by atoms with Crippen LogP contribution in [0.4, 0.5) is 0 Å². The predicted octanol–water partition coefficient (Wildman–Crippen LogP) is 3.56. The van der Waals surface area contributed by atoms with Gasteiger partial charge >= 0.3 is 0 Å². The maximum atomic E-state index is 12.0. The monoisotopic (exact) mass is 346 g/mol. The molecule has 0 aliphatic heterocycles. The van der Waals surface area contributed by atoms with Crippen molar-refractivity contribution in [2.75, 3.05) is 26.2 Å². The van der Waals surface area contributed by atoms with E-state index in [1.54, 1.807) is 18.2 Å². The van der Waals surface area contributed by atoms with Gasteiger partial charge in [-0.1, -0.05) is 25.4 Å². The van der Waals surface area contributed by atoms with Crippen molar-refractivity contribution in [3.8, 4) is 0 Å². The molecule has 1 aromatic carbocycles. The first-order valence-electron chi connectivity index (χ1n) is 6.54. The number of carbonyl (C=O) groups excluding carboxylic acids is 1. The van der Waals surface area contributed by atoms with Gasteiger partial charge in [-0.3, -0.25) is 4.79 Å². The van der Waals surface area contributed by atoms with Gasteiger partial charge in [0.15, 0.2) is 0 Å². The van der Waals surface area contributed by atoms with E-state index in [9.17, 15) is 4.79 Å². The summed E-state index contributed by atoms with van der Waals surface area (Å²) in [6.07, 6.45) is 0.957. The van der Waals surface area contributed by atoms with Gasteiger partial charge in [-0.15, -0.1) is 0 Å². The van der Waals surface area contributed by atoms with Gasteiger partial charge in [0.1, 0.15) is 0 Å². The summed E-state index contributed by atoms with van der Waals surface area (Å²) < 4.78 is 0.723. The van der Waals surface area contributed by atoms with Crippen molar-refractivity contribution in [3.05, 3.63) is 33.3 Å². The number of nitrogens with zero attached hydrogens (tertiary/aromatic N) is 1. The van der Waals surface area contributed by atoms with Gasteiger partial charge in [-0.2, -0.15) is 0 Å². The zero-order valence-corrected chi connectivity index (χ0v) is 13.7. The van der Waals surface area contributed by atoms with Gasteiger partial charge in [0, 0.05) is 16.0 Å². The molecular weight excluding hydrogens is 328 g/mol. The second-order valence-corrected chi connectivity index (χ2v) is 5.55. The van der Waals surface area contributed by atoms with E-state index in [4.69, 9.17) is 11.6 Å². The molecule has 0 saturated heterocycles. The minimum Gasteiger partial charge on any atom is -0.352 e. The Balaban J connectivity index is 2.39. The summed E-state index contributed by atoms with van der Waals surface area (Å²) in [4.78, 5) is 14.3. The zero-order chi connectivity index (χ0) is 14.3. The fraction of sp³-hybridized carbons (Fsp3) is 0.500. The van der Waals surface area contributed by atoms with E-state index in [1.807, 2.05) is 0 Å². The Morgan fingerprint density at radius 3 is 2.63 bits per heavy atom. The van der Waals surface area contributed by atoms with Gasteiger partial charge < -0.3 is 10.2 Å². The Hall–Kier alpha value is -0.580. The van der Waals surface area contributed by atoms with Crippen molar-refractivity contribution in [1.82, 2.24) is 10.2 Å². The third kappa shape index (κ3) is 5.51. The molecule has 1 rings (SSSR count). The van der Waals surface area contributed by atoms with E-state index < -0.39 is 0 Å². The molecule has 0 saturated carbocycles. The number of halogens is 2. The van der Waals surface area contributed by atoms with Crippen LogP contribution in [0.1, 0.15) is 30.6 Å². The van der Waals surface area contributed by atoms with E-state index in [-0.39, 0.29) is 5.91 Å².